The van der Waals surface area contributed by atoms with Crippen molar-refractivity contribution in [2.75, 3.05) is 6.54 Å². The lowest BCUT2D eigenvalue weighted by atomic mass is 10.0. The molecule has 0 fully saturated rings. The van der Waals surface area contributed by atoms with E-state index in [2.05, 4.69) is 5.32 Å². The normalized spacial score (nSPS) is 13.0. The van der Waals surface area contributed by atoms with E-state index in [1.807, 2.05) is 0 Å². The largest absolute Gasteiger partial charge is 0.382 e. The summed E-state index contributed by atoms with van der Waals surface area (Å²) in [5, 5.41) is 21.2. The van der Waals surface area contributed by atoms with E-state index >= 15 is 0 Å². The van der Waals surface area contributed by atoms with Gasteiger partial charge in [0.05, 0.1) is 6.54 Å². The fourth-order valence-electron chi connectivity index (χ4n) is 1.74. The molecule has 0 aromatic heterocycles. The smallest absolute Gasteiger partial charge is 0.252 e. The Morgan fingerprint density at radius 3 is 2.27 bits per heavy atom. The van der Waals surface area contributed by atoms with Gasteiger partial charge in [-0.1, -0.05) is 24.3 Å². The minimum Gasteiger partial charge on any atom is -0.382 e. The van der Waals surface area contributed by atoms with E-state index in [0.717, 1.165) is 5.56 Å². The van der Waals surface area contributed by atoms with Gasteiger partial charge < -0.3 is 20.3 Å². The van der Waals surface area contributed by atoms with Crippen molar-refractivity contribution < 1.29 is 29.4 Å². The Hall–Kier alpha value is -2.38. The molecule has 0 aliphatic heterocycles. The zero-order chi connectivity index (χ0) is 16.5. The number of amides is 1. The molecule has 0 aliphatic rings. The Kier molecular flexibility index (Phi) is 7.07. The summed E-state index contributed by atoms with van der Waals surface area (Å²) >= 11 is 0. The van der Waals surface area contributed by atoms with Gasteiger partial charge in [0.25, 0.3) is 5.91 Å². The first kappa shape index (κ1) is 17.7. The molecular weight excluding hydrogens is 290 g/mol. The van der Waals surface area contributed by atoms with Crippen LogP contribution in [0.1, 0.15) is 22.3 Å². The summed E-state index contributed by atoms with van der Waals surface area (Å²) < 4.78 is 0. The second-order valence-electron chi connectivity index (χ2n) is 4.63. The van der Waals surface area contributed by atoms with Gasteiger partial charge >= 0.3 is 0 Å². The molecule has 7 nitrogen and oxygen atoms in total. The van der Waals surface area contributed by atoms with Crippen molar-refractivity contribution in [2.24, 2.45) is 0 Å². The Balaban J connectivity index is 2.50. The van der Waals surface area contributed by atoms with Crippen LogP contribution in [-0.2, 0) is 20.8 Å². The fraction of sp³-hybridized carbons (Fsp3) is 0.333. The molecule has 1 amide bonds. The highest BCUT2D eigenvalue weighted by Gasteiger charge is 2.29. The zero-order valence-electron chi connectivity index (χ0n) is 11.8. The number of hydrogen-bond acceptors (Lipinski definition) is 6. The summed E-state index contributed by atoms with van der Waals surface area (Å²) in [6.07, 6.45) is -2.41. The predicted octanol–water partition coefficient (Wildman–Crippen LogP) is -0.962. The number of aryl methyl sites for hydroxylation is 1. The van der Waals surface area contributed by atoms with Crippen molar-refractivity contribution in [1.29, 1.82) is 0 Å². The van der Waals surface area contributed by atoms with Crippen molar-refractivity contribution in [2.45, 2.75) is 25.0 Å². The van der Waals surface area contributed by atoms with E-state index in [-0.39, 0.29) is 13.0 Å². The topological polar surface area (TPSA) is 121 Å². The van der Waals surface area contributed by atoms with Crippen LogP contribution in [0.15, 0.2) is 24.3 Å². The maximum absolute atomic E-state index is 11.7. The van der Waals surface area contributed by atoms with E-state index in [0.29, 0.717) is 24.6 Å². The van der Waals surface area contributed by atoms with E-state index in [4.69, 9.17) is 0 Å². The van der Waals surface area contributed by atoms with Crippen LogP contribution in [0.2, 0.25) is 0 Å². The molecule has 7 heteroatoms. The molecule has 118 valence electrons. The Morgan fingerprint density at radius 1 is 1.09 bits per heavy atom. The number of nitrogens with one attached hydrogen (secondary N) is 1. The molecule has 0 aliphatic carbocycles. The van der Waals surface area contributed by atoms with E-state index in [1.165, 1.54) is 0 Å². The number of hydrogen-bond donors (Lipinski definition) is 3. The molecule has 1 aromatic carbocycles. The SMILES string of the molecule is O=CCNC(=O)C(O)C(O)C(=O)CCc1ccc(C=O)cc1. The molecule has 22 heavy (non-hydrogen) atoms. The summed E-state index contributed by atoms with van der Waals surface area (Å²) in [5.41, 5.74) is 1.29. The third-order valence-corrected chi connectivity index (χ3v) is 3.03. The van der Waals surface area contributed by atoms with Crippen LogP contribution in [0.4, 0.5) is 0 Å². The summed E-state index contributed by atoms with van der Waals surface area (Å²) in [6.45, 7) is -0.306. The first-order valence-electron chi connectivity index (χ1n) is 6.64. The van der Waals surface area contributed by atoms with Gasteiger partial charge in [0.2, 0.25) is 0 Å². The number of aliphatic hydroxyl groups excluding tert-OH is 2. The molecule has 1 aromatic rings. The fourth-order valence-corrected chi connectivity index (χ4v) is 1.74. The van der Waals surface area contributed by atoms with Crippen LogP contribution in [0.5, 0.6) is 0 Å². The van der Waals surface area contributed by atoms with Gasteiger partial charge in [-0.05, 0) is 12.0 Å². The Bertz CT molecular complexity index is 539. The van der Waals surface area contributed by atoms with Gasteiger partial charge in [-0.15, -0.1) is 0 Å². The predicted molar refractivity (Wildman–Crippen MR) is 76.2 cm³/mol. The first-order chi connectivity index (χ1) is 10.5. The molecular formula is C15H17NO6. The van der Waals surface area contributed by atoms with Crippen LogP contribution in [-0.4, -0.2) is 53.2 Å². The average molecular weight is 307 g/mol. The summed E-state index contributed by atoms with van der Waals surface area (Å²) in [6, 6.07) is 6.56. The van der Waals surface area contributed by atoms with Crippen LogP contribution in [0.25, 0.3) is 0 Å². The van der Waals surface area contributed by atoms with Crippen molar-refractivity contribution in [1.82, 2.24) is 5.32 Å². The average Bonchev–Trinajstić information content (AvgIpc) is 2.56. The van der Waals surface area contributed by atoms with Gasteiger partial charge in [0.1, 0.15) is 18.7 Å². The van der Waals surface area contributed by atoms with Crippen molar-refractivity contribution in [3.8, 4) is 0 Å². The van der Waals surface area contributed by atoms with Crippen LogP contribution >= 0.6 is 0 Å². The minimum absolute atomic E-state index is 0.0698. The molecule has 3 N–H and O–H groups in total. The number of carbonyl (C=O) groups excluding carboxylic acids is 4. The standard InChI is InChI=1S/C15H17NO6/c17-8-7-16-15(22)14(21)13(20)12(19)6-5-10-1-3-11(9-18)4-2-10/h1-4,8-9,13-14,20-21H,5-7H2,(H,16,22). The van der Waals surface area contributed by atoms with Gasteiger partial charge in [0, 0.05) is 12.0 Å². The number of aliphatic hydroxyl groups is 2. The summed E-state index contributed by atoms with van der Waals surface area (Å²) in [4.78, 5) is 43.7. The van der Waals surface area contributed by atoms with E-state index < -0.39 is 23.9 Å². The van der Waals surface area contributed by atoms with Gasteiger partial charge in [-0.3, -0.25) is 14.4 Å². The molecule has 2 atom stereocenters. The molecule has 0 radical (unpaired) electrons. The quantitative estimate of drug-likeness (QED) is 0.505. The lowest BCUT2D eigenvalue weighted by Crippen LogP contribution is -2.46. The number of rotatable bonds is 9. The number of benzene rings is 1. The lowest BCUT2D eigenvalue weighted by Gasteiger charge is -2.15. The zero-order valence-corrected chi connectivity index (χ0v) is 11.8. The van der Waals surface area contributed by atoms with E-state index in [1.54, 1.807) is 24.3 Å². The van der Waals surface area contributed by atoms with Crippen molar-refractivity contribution >= 4 is 24.3 Å². The number of aldehydes is 2. The highest BCUT2D eigenvalue weighted by atomic mass is 16.3. The molecule has 0 spiro atoms. The molecule has 0 saturated heterocycles. The second kappa shape index (κ2) is 8.81. The minimum atomic E-state index is -1.91. The number of Topliss-reactive ketones (excluding diaryl/α,β-unsaturated/α-hetero) is 1. The van der Waals surface area contributed by atoms with Crippen molar-refractivity contribution in [3.05, 3.63) is 35.4 Å². The van der Waals surface area contributed by atoms with E-state index in [9.17, 15) is 29.4 Å². The number of ketones is 1. The number of carbonyl (C=O) groups is 4. The highest BCUT2D eigenvalue weighted by Crippen LogP contribution is 2.08. The second-order valence-corrected chi connectivity index (χ2v) is 4.63. The van der Waals surface area contributed by atoms with Crippen LogP contribution in [0.3, 0.4) is 0 Å². The van der Waals surface area contributed by atoms with Crippen molar-refractivity contribution in [3.63, 3.8) is 0 Å². The molecule has 0 heterocycles. The van der Waals surface area contributed by atoms with Gasteiger partial charge in [0.15, 0.2) is 11.9 Å². The summed E-state index contributed by atoms with van der Waals surface area (Å²) in [5.74, 6) is -1.67. The summed E-state index contributed by atoms with van der Waals surface area (Å²) in [7, 11) is 0. The Morgan fingerprint density at radius 2 is 1.73 bits per heavy atom. The molecule has 2 unspecified atom stereocenters. The monoisotopic (exact) mass is 307 g/mol. The first-order valence-corrected chi connectivity index (χ1v) is 6.64. The van der Waals surface area contributed by atoms with Gasteiger partial charge in [-0.25, -0.2) is 0 Å². The van der Waals surface area contributed by atoms with Crippen LogP contribution < -0.4 is 5.32 Å². The lowest BCUT2D eigenvalue weighted by molar-refractivity contribution is -0.144. The molecule has 1 rings (SSSR count). The Labute approximate surface area is 127 Å². The van der Waals surface area contributed by atoms with Gasteiger partial charge in [-0.2, -0.15) is 0 Å². The van der Waals surface area contributed by atoms with Crippen LogP contribution in [0, 0.1) is 0 Å². The third kappa shape index (κ3) is 5.19. The maximum atomic E-state index is 11.7. The molecule has 0 saturated carbocycles. The maximum Gasteiger partial charge on any atom is 0.252 e. The highest BCUT2D eigenvalue weighted by molar-refractivity contribution is 5.92. The molecule has 0 bridgehead atoms. The third-order valence-electron chi connectivity index (χ3n) is 3.03.